The lowest BCUT2D eigenvalue weighted by Gasteiger charge is -2.27. The number of rotatable bonds is 9. The molecular weight excluding hydrogens is 597 g/mol. The van der Waals surface area contributed by atoms with Crippen LogP contribution in [0.4, 0.5) is 24.5 Å². The molecule has 1 aliphatic rings. The Morgan fingerprint density at radius 2 is 1.77 bits per heavy atom. The maximum atomic E-state index is 14.4. The highest BCUT2D eigenvalue weighted by molar-refractivity contribution is 6.30. The van der Waals surface area contributed by atoms with Crippen LogP contribution in [0, 0.1) is 11.3 Å². The number of ether oxygens (including phenoxy) is 2. The summed E-state index contributed by atoms with van der Waals surface area (Å²) in [4.78, 5) is 21.2. The standard InChI is InChI=1S/C32H32ClF3N4O4/c1-19(39-44-31(4,5)17-37)21-13-23(15-25(14-21)42-6)38-28(20-7-9-22(33)10-8-20)29(41)40-18-30(2,3)26-12-11-24(16-27(26)40)43-32(34,35)36/h7-16,28,38H,18H2,1-6H3/b39-19+. The number of methoxy groups -OCH3 is 1. The number of halogens is 4. The van der Waals surface area contributed by atoms with Crippen molar-refractivity contribution >= 4 is 34.6 Å². The number of oxime groups is 1. The number of anilines is 2. The highest BCUT2D eigenvalue weighted by Gasteiger charge is 2.41. The summed E-state index contributed by atoms with van der Waals surface area (Å²) in [5, 5.41) is 17.1. The van der Waals surface area contributed by atoms with Crippen molar-refractivity contribution in [2.45, 2.75) is 58.0 Å². The van der Waals surface area contributed by atoms with Crippen LogP contribution in [-0.4, -0.2) is 37.2 Å². The number of hydrogen-bond acceptors (Lipinski definition) is 7. The van der Waals surface area contributed by atoms with Gasteiger partial charge in [0, 0.05) is 40.4 Å². The smallest absolute Gasteiger partial charge is 0.497 e. The zero-order chi connectivity index (χ0) is 32.4. The molecule has 1 amide bonds. The molecule has 0 saturated heterocycles. The van der Waals surface area contributed by atoms with Gasteiger partial charge in [0.2, 0.25) is 5.60 Å². The van der Waals surface area contributed by atoms with Crippen molar-refractivity contribution in [1.82, 2.24) is 0 Å². The fraction of sp³-hybridized carbons (Fsp3) is 0.344. The van der Waals surface area contributed by atoms with Gasteiger partial charge in [0.05, 0.1) is 18.5 Å². The minimum absolute atomic E-state index is 0.226. The van der Waals surface area contributed by atoms with E-state index in [1.165, 1.54) is 24.1 Å². The summed E-state index contributed by atoms with van der Waals surface area (Å²) in [6, 6.07) is 17.0. The second-order valence-corrected chi connectivity index (χ2v) is 11.9. The van der Waals surface area contributed by atoms with E-state index in [1.54, 1.807) is 69.3 Å². The molecule has 3 aromatic rings. The minimum Gasteiger partial charge on any atom is -0.497 e. The number of benzene rings is 3. The van der Waals surface area contributed by atoms with E-state index in [-0.39, 0.29) is 6.54 Å². The van der Waals surface area contributed by atoms with Crippen LogP contribution in [0.1, 0.15) is 57.4 Å². The first-order valence-corrected chi connectivity index (χ1v) is 14.0. The molecule has 1 unspecified atom stereocenters. The summed E-state index contributed by atoms with van der Waals surface area (Å²) in [5.41, 5.74) is 1.48. The molecule has 3 aromatic carbocycles. The van der Waals surface area contributed by atoms with Crippen molar-refractivity contribution in [3.05, 3.63) is 82.4 Å². The van der Waals surface area contributed by atoms with Gasteiger partial charge in [0.1, 0.15) is 23.6 Å². The molecule has 0 bridgehead atoms. The Balaban J connectivity index is 1.75. The number of carbonyl (C=O) groups excluding carboxylic acids is 1. The van der Waals surface area contributed by atoms with Crippen molar-refractivity contribution in [2.75, 3.05) is 23.9 Å². The van der Waals surface area contributed by atoms with Crippen LogP contribution >= 0.6 is 11.6 Å². The Kier molecular flexibility index (Phi) is 9.07. The van der Waals surface area contributed by atoms with E-state index in [0.717, 1.165) is 0 Å². The predicted octanol–water partition coefficient (Wildman–Crippen LogP) is 7.77. The van der Waals surface area contributed by atoms with Crippen LogP contribution in [0.25, 0.3) is 0 Å². The lowest BCUT2D eigenvalue weighted by molar-refractivity contribution is -0.274. The summed E-state index contributed by atoms with van der Waals surface area (Å²) in [6.45, 7) is 8.93. The van der Waals surface area contributed by atoms with Crippen molar-refractivity contribution in [3.63, 3.8) is 0 Å². The molecule has 1 N–H and O–H groups in total. The predicted molar refractivity (Wildman–Crippen MR) is 162 cm³/mol. The van der Waals surface area contributed by atoms with Crippen LogP contribution in [0.5, 0.6) is 11.5 Å². The van der Waals surface area contributed by atoms with Gasteiger partial charge in [-0.2, -0.15) is 5.26 Å². The topological polar surface area (TPSA) is 96.2 Å². The SMILES string of the molecule is COc1cc(NC(C(=O)N2CC(C)(C)c3ccc(OC(F)(F)F)cc32)c2ccc(Cl)cc2)cc(/C(C)=N/OC(C)(C)C#N)c1. The Bertz CT molecular complexity index is 1620. The average molecular weight is 629 g/mol. The molecule has 0 fully saturated rings. The van der Waals surface area contributed by atoms with Crippen LogP contribution in [0.3, 0.4) is 0 Å². The molecule has 0 saturated carbocycles. The molecule has 1 heterocycles. The van der Waals surface area contributed by atoms with Crippen LogP contribution in [-0.2, 0) is 15.0 Å². The third-order valence-electron chi connectivity index (χ3n) is 7.04. The van der Waals surface area contributed by atoms with Crippen molar-refractivity contribution < 1.29 is 32.3 Å². The normalized spacial score (nSPS) is 15.2. The third kappa shape index (κ3) is 7.55. The van der Waals surface area contributed by atoms with Crippen molar-refractivity contribution in [3.8, 4) is 17.6 Å². The van der Waals surface area contributed by atoms with E-state index in [4.69, 9.17) is 21.2 Å². The zero-order valence-corrected chi connectivity index (χ0v) is 25.8. The summed E-state index contributed by atoms with van der Waals surface area (Å²) < 4.78 is 48.8. The first-order chi connectivity index (χ1) is 20.5. The van der Waals surface area contributed by atoms with Crippen molar-refractivity contribution in [2.24, 2.45) is 5.16 Å². The fourth-order valence-electron chi connectivity index (χ4n) is 4.80. The summed E-state index contributed by atoms with van der Waals surface area (Å²) in [7, 11) is 1.50. The number of amides is 1. The lowest BCUT2D eigenvalue weighted by Crippen LogP contribution is -2.39. The fourth-order valence-corrected chi connectivity index (χ4v) is 4.92. The first kappa shape index (κ1) is 32.5. The molecule has 8 nitrogen and oxygen atoms in total. The van der Waals surface area contributed by atoms with Gasteiger partial charge < -0.3 is 24.5 Å². The van der Waals surface area contributed by atoms with E-state index in [9.17, 15) is 23.2 Å². The molecule has 1 aliphatic heterocycles. The number of nitriles is 1. The molecule has 44 heavy (non-hydrogen) atoms. The summed E-state index contributed by atoms with van der Waals surface area (Å²) >= 11 is 6.14. The second-order valence-electron chi connectivity index (χ2n) is 11.5. The lowest BCUT2D eigenvalue weighted by atomic mass is 9.87. The Hall–Kier alpha value is -4.43. The van der Waals surface area contributed by atoms with Gasteiger partial charge in [-0.25, -0.2) is 0 Å². The largest absolute Gasteiger partial charge is 0.573 e. The second kappa shape index (κ2) is 12.3. The third-order valence-corrected chi connectivity index (χ3v) is 7.30. The first-order valence-electron chi connectivity index (χ1n) is 13.6. The number of nitrogens with one attached hydrogen (secondary N) is 1. The van der Waals surface area contributed by atoms with Crippen LogP contribution in [0.2, 0.25) is 5.02 Å². The Morgan fingerprint density at radius 1 is 1.09 bits per heavy atom. The quantitative estimate of drug-likeness (QED) is 0.192. The molecule has 0 aliphatic carbocycles. The van der Waals surface area contributed by atoms with Gasteiger partial charge in [-0.15, -0.1) is 13.2 Å². The van der Waals surface area contributed by atoms with Crippen LogP contribution in [0.15, 0.2) is 65.8 Å². The minimum atomic E-state index is -4.88. The van der Waals surface area contributed by atoms with E-state index in [2.05, 4.69) is 15.2 Å². The van der Waals surface area contributed by atoms with E-state index in [1.807, 2.05) is 19.9 Å². The molecule has 0 aromatic heterocycles. The van der Waals surface area contributed by atoms with Crippen molar-refractivity contribution in [1.29, 1.82) is 5.26 Å². The number of alkyl halides is 3. The number of hydrogen-bond donors (Lipinski definition) is 1. The summed E-state index contributed by atoms with van der Waals surface area (Å²) in [6.07, 6.45) is -4.88. The molecule has 0 spiro atoms. The summed E-state index contributed by atoms with van der Waals surface area (Å²) in [5.74, 6) is -0.364. The monoisotopic (exact) mass is 628 g/mol. The highest BCUT2D eigenvalue weighted by atomic mass is 35.5. The maximum Gasteiger partial charge on any atom is 0.573 e. The zero-order valence-electron chi connectivity index (χ0n) is 25.0. The van der Waals surface area contributed by atoms with Gasteiger partial charge in [-0.1, -0.05) is 48.8 Å². The average Bonchev–Trinajstić information content (AvgIpc) is 3.23. The van der Waals surface area contributed by atoms with Crippen LogP contribution < -0.4 is 19.7 Å². The van der Waals surface area contributed by atoms with Gasteiger partial charge in [-0.3, -0.25) is 4.79 Å². The van der Waals surface area contributed by atoms with E-state index >= 15 is 0 Å². The van der Waals surface area contributed by atoms with Gasteiger partial charge >= 0.3 is 6.36 Å². The molecule has 12 heteroatoms. The molecule has 0 radical (unpaired) electrons. The molecule has 4 rings (SSSR count). The van der Waals surface area contributed by atoms with Gasteiger partial charge in [0.15, 0.2) is 0 Å². The Morgan fingerprint density at radius 3 is 2.39 bits per heavy atom. The van der Waals surface area contributed by atoms with E-state index < -0.39 is 35.1 Å². The maximum absolute atomic E-state index is 14.4. The number of carbonyl (C=O) groups is 1. The number of fused-ring (bicyclic) bond motifs is 1. The Labute approximate surface area is 259 Å². The van der Waals surface area contributed by atoms with Gasteiger partial charge in [0.25, 0.3) is 5.91 Å². The highest BCUT2D eigenvalue weighted by Crippen LogP contribution is 2.44. The number of nitrogens with zero attached hydrogens (tertiary/aromatic N) is 3. The molecule has 232 valence electrons. The van der Waals surface area contributed by atoms with Gasteiger partial charge in [-0.05, 0) is 62.2 Å². The molecule has 1 atom stereocenters. The van der Waals surface area contributed by atoms with E-state index in [0.29, 0.717) is 44.5 Å². The molecular formula is C32H32ClF3N4O4.